The van der Waals surface area contributed by atoms with Crippen LogP contribution in [0.1, 0.15) is 63.4 Å². The van der Waals surface area contributed by atoms with Crippen LogP contribution < -0.4 is 0 Å². The number of thioether (sulfide) groups is 1. The lowest BCUT2D eigenvalue weighted by molar-refractivity contribution is 0.273. The third-order valence-corrected chi connectivity index (χ3v) is 8.22. The highest BCUT2D eigenvalue weighted by Gasteiger charge is 2.47. The molecule has 0 bridgehead atoms. The van der Waals surface area contributed by atoms with Gasteiger partial charge in [0.25, 0.3) is 0 Å². The Morgan fingerprint density at radius 3 is 2.55 bits per heavy atom. The van der Waals surface area contributed by atoms with Crippen molar-refractivity contribution in [3.8, 4) is 0 Å². The monoisotopic (exact) mass is 331 g/mol. The Bertz CT molecular complexity index is 546. The molecule has 0 atom stereocenters. The second-order valence-electron chi connectivity index (χ2n) is 6.74. The molecule has 1 aromatic carbocycles. The van der Waals surface area contributed by atoms with E-state index in [0.717, 1.165) is 5.75 Å². The zero-order valence-corrected chi connectivity index (χ0v) is 14.9. The molecule has 0 saturated heterocycles. The van der Waals surface area contributed by atoms with Crippen molar-refractivity contribution in [2.45, 2.75) is 68.4 Å². The summed E-state index contributed by atoms with van der Waals surface area (Å²) in [5.41, 5.74) is 3.15. The molecule has 3 aliphatic rings. The summed E-state index contributed by atoms with van der Waals surface area (Å²) in [5, 5.41) is 0. The zero-order valence-electron chi connectivity index (χ0n) is 13.2. The molecule has 4 rings (SSSR count). The van der Waals surface area contributed by atoms with Gasteiger partial charge in [-0.2, -0.15) is 0 Å². The maximum Gasteiger partial charge on any atom is 0.101 e. The standard InChI is InChI=1S/C19H25NS2/c1-3-9-16(10-4-1)15-21-20-17-11-5-6-12-18(17)22-19(20)13-7-2-8-14-19/h1,3-4,9-10H,2,5-8,11-15H2. The fraction of sp³-hybridized carbons (Fsp3) is 0.579. The largest absolute Gasteiger partial charge is 0.303 e. The first kappa shape index (κ1) is 15.0. The molecule has 0 N–H and O–H groups in total. The second kappa shape index (κ2) is 6.52. The molecule has 22 heavy (non-hydrogen) atoms. The van der Waals surface area contributed by atoms with E-state index in [9.17, 15) is 0 Å². The van der Waals surface area contributed by atoms with Crippen molar-refractivity contribution >= 4 is 23.7 Å². The van der Waals surface area contributed by atoms with Crippen molar-refractivity contribution in [2.24, 2.45) is 0 Å². The van der Waals surface area contributed by atoms with E-state index in [1.165, 1.54) is 63.4 Å². The molecular formula is C19H25NS2. The zero-order chi connectivity index (χ0) is 14.8. The van der Waals surface area contributed by atoms with Crippen molar-refractivity contribution in [2.75, 3.05) is 0 Å². The molecular weight excluding hydrogens is 306 g/mol. The summed E-state index contributed by atoms with van der Waals surface area (Å²) in [6.07, 6.45) is 12.5. The fourth-order valence-electron chi connectivity index (χ4n) is 4.02. The highest BCUT2D eigenvalue weighted by atomic mass is 32.2. The van der Waals surface area contributed by atoms with Gasteiger partial charge in [-0.15, -0.1) is 0 Å². The van der Waals surface area contributed by atoms with Crippen LogP contribution in [0.25, 0.3) is 0 Å². The Hall–Kier alpha value is -0.540. The average molecular weight is 332 g/mol. The van der Waals surface area contributed by atoms with Crippen molar-refractivity contribution < 1.29 is 0 Å². The van der Waals surface area contributed by atoms with Crippen molar-refractivity contribution in [1.82, 2.24) is 4.31 Å². The number of allylic oxidation sites excluding steroid dienone is 2. The van der Waals surface area contributed by atoms with E-state index in [0.29, 0.717) is 4.87 Å². The molecule has 0 amide bonds. The predicted molar refractivity (Wildman–Crippen MR) is 98.5 cm³/mol. The van der Waals surface area contributed by atoms with Gasteiger partial charge in [0, 0.05) is 16.4 Å². The van der Waals surface area contributed by atoms with Crippen LogP contribution in [0, 0.1) is 0 Å². The Kier molecular flexibility index (Phi) is 4.45. The third-order valence-electron chi connectivity index (χ3n) is 5.16. The van der Waals surface area contributed by atoms with Crippen LogP contribution in [0.15, 0.2) is 40.9 Å². The number of benzene rings is 1. The van der Waals surface area contributed by atoms with Crippen LogP contribution in [-0.2, 0) is 5.75 Å². The molecule has 2 aliphatic carbocycles. The normalized spacial score (nSPS) is 23.9. The van der Waals surface area contributed by atoms with Gasteiger partial charge in [0.05, 0.1) is 0 Å². The van der Waals surface area contributed by atoms with Crippen LogP contribution in [0.4, 0.5) is 0 Å². The van der Waals surface area contributed by atoms with Gasteiger partial charge in [-0.05, 0) is 56.0 Å². The van der Waals surface area contributed by atoms with Gasteiger partial charge in [-0.1, -0.05) is 61.4 Å². The summed E-state index contributed by atoms with van der Waals surface area (Å²) in [7, 11) is 0. The summed E-state index contributed by atoms with van der Waals surface area (Å²) < 4.78 is 2.78. The first-order chi connectivity index (χ1) is 10.9. The molecule has 0 unspecified atom stereocenters. The van der Waals surface area contributed by atoms with Gasteiger partial charge in [0.2, 0.25) is 0 Å². The van der Waals surface area contributed by atoms with Crippen LogP contribution in [0.5, 0.6) is 0 Å². The molecule has 3 heteroatoms. The molecule has 1 spiro atoms. The van der Waals surface area contributed by atoms with Gasteiger partial charge in [0.15, 0.2) is 0 Å². The Morgan fingerprint density at radius 2 is 1.73 bits per heavy atom. The molecule has 0 radical (unpaired) electrons. The maximum atomic E-state index is 2.78. The fourth-order valence-corrected chi connectivity index (χ4v) is 7.30. The highest BCUT2D eigenvalue weighted by Crippen LogP contribution is 2.59. The molecule has 1 aromatic rings. The predicted octanol–water partition coefficient (Wildman–Crippen LogP) is 6.33. The van der Waals surface area contributed by atoms with Crippen LogP contribution in [0.2, 0.25) is 0 Å². The Labute approximate surface area is 143 Å². The summed E-state index contributed by atoms with van der Waals surface area (Å²) in [6.45, 7) is 0. The first-order valence-corrected chi connectivity index (χ1v) is 10.5. The van der Waals surface area contributed by atoms with Gasteiger partial charge < -0.3 is 4.31 Å². The van der Waals surface area contributed by atoms with Crippen LogP contribution in [0.3, 0.4) is 0 Å². The van der Waals surface area contributed by atoms with Crippen molar-refractivity contribution in [3.05, 3.63) is 46.5 Å². The number of hydrogen-bond donors (Lipinski definition) is 0. The van der Waals surface area contributed by atoms with E-state index in [-0.39, 0.29) is 0 Å². The molecule has 1 heterocycles. The Morgan fingerprint density at radius 1 is 0.955 bits per heavy atom. The topological polar surface area (TPSA) is 3.24 Å². The number of rotatable bonds is 3. The lowest BCUT2D eigenvalue weighted by Crippen LogP contribution is -2.39. The molecule has 118 valence electrons. The lowest BCUT2D eigenvalue weighted by atomic mass is 9.93. The van der Waals surface area contributed by atoms with Gasteiger partial charge in [-0.3, -0.25) is 0 Å². The maximum absolute atomic E-state index is 2.78. The van der Waals surface area contributed by atoms with E-state index in [1.807, 2.05) is 0 Å². The van der Waals surface area contributed by atoms with Gasteiger partial charge in [-0.25, -0.2) is 0 Å². The van der Waals surface area contributed by atoms with Gasteiger partial charge >= 0.3 is 0 Å². The minimum absolute atomic E-state index is 0.396. The van der Waals surface area contributed by atoms with E-state index >= 15 is 0 Å². The molecule has 1 nitrogen and oxygen atoms in total. The Balaban J connectivity index is 1.55. The molecule has 1 saturated carbocycles. The molecule has 0 aromatic heterocycles. The highest BCUT2D eigenvalue weighted by molar-refractivity contribution is 8.06. The summed E-state index contributed by atoms with van der Waals surface area (Å²) in [4.78, 5) is 2.13. The van der Waals surface area contributed by atoms with E-state index < -0.39 is 0 Å². The SMILES string of the molecule is c1ccc(CSN2C3=C(CCCC3)SC23CCCCC3)cc1. The van der Waals surface area contributed by atoms with Crippen molar-refractivity contribution in [1.29, 1.82) is 0 Å². The average Bonchev–Trinajstić information content (AvgIpc) is 2.87. The second-order valence-corrected chi connectivity index (χ2v) is 9.11. The number of hydrogen-bond acceptors (Lipinski definition) is 3. The third kappa shape index (κ3) is 2.82. The van der Waals surface area contributed by atoms with Crippen LogP contribution >= 0.6 is 23.7 Å². The molecule has 1 aliphatic heterocycles. The summed E-state index contributed by atoms with van der Waals surface area (Å²) >= 11 is 4.33. The van der Waals surface area contributed by atoms with Crippen LogP contribution in [-0.4, -0.2) is 9.18 Å². The quantitative estimate of drug-likeness (QED) is 0.596. The van der Waals surface area contributed by atoms with Gasteiger partial charge in [0.1, 0.15) is 4.87 Å². The smallest absolute Gasteiger partial charge is 0.101 e. The van der Waals surface area contributed by atoms with Crippen molar-refractivity contribution in [3.63, 3.8) is 0 Å². The molecule has 1 fully saturated rings. The lowest BCUT2D eigenvalue weighted by Gasteiger charge is -2.42. The first-order valence-electron chi connectivity index (χ1n) is 8.76. The minimum atomic E-state index is 0.396. The van der Waals surface area contributed by atoms with E-state index in [4.69, 9.17) is 0 Å². The summed E-state index contributed by atoms with van der Waals surface area (Å²) in [6, 6.07) is 11.0. The number of nitrogens with zero attached hydrogens (tertiary/aromatic N) is 1. The van der Waals surface area contributed by atoms with E-state index in [2.05, 4.69) is 58.3 Å². The van der Waals surface area contributed by atoms with E-state index in [1.54, 1.807) is 10.6 Å². The minimum Gasteiger partial charge on any atom is -0.303 e. The summed E-state index contributed by atoms with van der Waals surface area (Å²) in [5.74, 6) is 1.11.